The lowest BCUT2D eigenvalue weighted by atomic mass is 10.0. The molecule has 0 spiro atoms. The summed E-state index contributed by atoms with van der Waals surface area (Å²) >= 11 is 1.72. The Morgan fingerprint density at radius 3 is 3.05 bits per heavy atom. The number of anilines is 1. The van der Waals surface area contributed by atoms with Gasteiger partial charge in [-0.1, -0.05) is 0 Å². The smallest absolute Gasteiger partial charge is 0.185 e. The maximum atomic E-state index is 5.41. The molecule has 0 atom stereocenters. The number of thiazole rings is 1. The Balaban J connectivity index is 1.75. The summed E-state index contributed by atoms with van der Waals surface area (Å²) in [5, 5.41) is 6.57. The molecule has 1 saturated heterocycles. The molecule has 1 fully saturated rings. The number of ether oxygens (including phenoxy) is 2. The molecule has 1 N–H and O–H groups in total. The first-order valence-electron chi connectivity index (χ1n) is 7.22. The molecule has 114 valence electrons. The fourth-order valence-corrected chi connectivity index (χ4v) is 3.14. The highest BCUT2D eigenvalue weighted by atomic mass is 32.1. The second kappa shape index (κ2) is 8.56. The Morgan fingerprint density at radius 2 is 2.30 bits per heavy atom. The molecule has 0 aliphatic carbocycles. The highest BCUT2D eigenvalue weighted by Gasteiger charge is 2.17. The SMILES string of the molecule is COCCNCc1csc(N(C)CC2CCOCC2)n1. The fourth-order valence-electron chi connectivity index (χ4n) is 2.34. The molecule has 0 bridgehead atoms. The van der Waals surface area contributed by atoms with Crippen molar-refractivity contribution in [2.75, 3.05) is 52.0 Å². The third kappa shape index (κ3) is 5.01. The van der Waals surface area contributed by atoms with E-state index in [1.807, 2.05) is 0 Å². The lowest BCUT2D eigenvalue weighted by Gasteiger charge is -2.26. The number of hydrogen-bond acceptors (Lipinski definition) is 6. The lowest BCUT2D eigenvalue weighted by Crippen LogP contribution is -2.29. The van der Waals surface area contributed by atoms with E-state index in [4.69, 9.17) is 9.47 Å². The van der Waals surface area contributed by atoms with Gasteiger partial charge in [-0.15, -0.1) is 11.3 Å². The van der Waals surface area contributed by atoms with Crippen LogP contribution >= 0.6 is 11.3 Å². The van der Waals surface area contributed by atoms with Crippen molar-refractivity contribution in [1.82, 2.24) is 10.3 Å². The quantitative estimate of drug-likeness (QED) is 0.741. The van der Waals surface area contributed by atoms with Gasteiger partial charge in [-0.2, -0.15) is 0 Å². The first kappa shape index (κ1) is 15.7. The van der Waals surface area contributed by atoms with Crippen LogP contribution in [0.5, 0.6) is 0 Å². The van der Waals surface area contributed by atoms with Gasteiger partial charge in [0.2, 0.25) is 0 Å². The zero-order chi connectivity index (χ0) is 14.2. The summed E-state index contributed by atoms with van der Waals surface area (Å²) in [6.07, 6.45) is 2.34. The van der Waals surface area contributed by atoms with Crippen molar-refractivity contribution >= 4 is 16.5 Å². The van der Waals surface area contributed by atoms with Gasteiger partial charge in [-0.3, -0.25) is 0 Å². The van der Waals surface area contributed by atoms with Gasteiger partial charge in [0.25, 0.3) is 0 Å². The maximum Gasteiger partial charge on any atom is 0.185 e. The number of rotatable bonds is 8. The zero-order valence-electron chi connectivity index (χ0n) is 12.4. The molecule has 1 aliphatic heterocycles. The van der Waals surface area contributed by atoms with Gasteiger partial charge in [0, 0.05) is 52.4 Å². The first-order valence-corrected chi connectivity index (χ1v) is 8.10. The summed E-state index contributed by atoms with van der Waals surface area (Å²) in [5.74, 6) is 0.737. The molecule has 1 aromatic heterocycles. The summed E-state index contributed by atoms with van der Waals surface area (Å²) < 4.78 is 10.4. The third-order valence-corrected chi connectivity index (χ3v) is 4.53. The Morgan fingerprint density at radius 1 is 1.50 bits per heavy atom. The van der Waals surface area contributed by atoms with Crippen LogP contribution in [0.15, 0.2) is 5.38 Å². The average Bonchev–Trinajstić information content (AvgIpc) is 2.94. The molecule has 20 heavy (non-hydrogen) atoms. The van der Waals surface area contributed by atoms with Crippen molar-refractivity contribution in [2.45, 2.75) is 19.4 Å². The van der Waals surface area contributed by atoms with Crippen molar-refractivity contribution < 1.29 is 9.47 Å². The van der Waals surface area contributed by atoms with E-state index in [1.54, 1.807) is 18.4 Å². The third-order valence-electron chi connectivity index (χ3n) is 3.53. The minimum atomic E-state index is 0.737. The van der Waals surface area contributed by atoms with Gasteiger partial charge < -0.3 is 19.7 Å². The van der Waals surface area contributed by atoms with E-state index in [0.717, 1.165) is 56.2 Å². The molecule has 0 amide bonds. The number of nitrogens with one attached hydrogen (secondary N) is 1. The second-order valence-electron chi connectivity index (χ2n) is 5.23. The van der Waals surface area contributed by atoms with Crippen molar-refractivity contribution in [3.8, 4) is 0 Å². The Kier molecular flexibility index (Phi) is 6.72. The molecule has 0 radical (unpaired) electrons. The predicted molar refractivity (Wildman–Crippen MR) is 82.5 cm³/mol. The van der Waals surface area contributed by atoms with Crippen LogP contribution in [0.4, 0.5) is 5.13 Å². The van der Waals surface area contributed by atoms with Crippen LogP contribution in [-0.2, 0) is 16.0 Å². The number of aromatic nitrogens is 1. The molecule has 0 aromatic carbocycles. The van der Waals surface area contributed by atoms with Gasteiger partial charge >= 0.3 is 0 Å². The fraction of sp³-hybridized carbons (Fsp3) is 0.786. The van der Waals surface area contributed by atoms with E-state index in [0.29, 0.717) is 0 Å². The molecule has 1 aliphatic rings. The van der Waals surface area contributed by atoms with Crippen LogP contribution < -0.4 is 10.2 Å². The molecule has 1 aromatic rings. The molecular formula is C14H25N3O2S. The van der Waals surface area contributed by atoms with E-state index in [2.05, 4.69) is 27.6 Å². The van der Waals surface area contributed by atoms with Crippen LogP contribution in [0.1, 0.15) is 18.5 Å². The Labute approximate surface area is 125 Å². The largest absolute Gasteiger partial charge is 0.383 e. The molecule has 0 unspecified atom stereocenters. The van der Waals surface area contributed by atoms with Crippen molar-refractivity contribution in [1.29, 1.82) is 0 Å². The first-order chi connectivity index (χ1) is 9.79. The number of hydrogen-bond donors (Lipinski definition) is 1. The predicted octanol–water partition coefficient (Wildman–Crippen LogP) is 1.74. The van der Waals surface area contributed by atoms with Crippen LogP contribution in [0.2, 0.25) is 0 Å². The second-order valence-corrected chi connectivity index (χ2v) is 6.06. The average molecular weight is 299 g/mol. The van der Waals surface area contributed by atoms with Crippen molar-refractivity contribution in [3.63, 3.8) is 0 Å². The number of methoxy groups -OCH3 is 1. The van der Waals surface area contributed by atoms with Gasteiger partial charge in [-0.25, -0.2) is 4.98 Å². The molecule has 6 heteroatoms. The van der Waals surface area contributed by atoms with Crippen LogP contribution in [-0.4, -0.2) is 52.1 Å². The standard InChI is InChI=1S/C14H25N3O2S/c1-17(10-12-3-6-19-7-4-12)14-16-13(11-20-14)9-15-5-8-18-2/h11-12,15H,3-10H2,1-2H3. The van der Waals surface area contributed by atoms with Crippen LogP contribution in [0, 0.1) is 5.92 Å². The van der Waals surface area contributed by atoms with Gasteiger partial charge in [0.1, 0.15) is 0 Å². The van der Waals surface area contributed by atoms with Gasteiger partial charge in [0.15, 0.2) is 5.13 Å². The van der Waals surface area contributed by atoms with Crippen LogP contribution in [0.3, 0.4) is 0 Å². The van der Waals surface area contributed by atoms with Crippen molar-refractivity contribution in [3.05, 3.63) is 11.1 Å². The molecule has 5 nitrogen and oxygen atoms in total. The van der Waals surface area contributed by atoms with Crippen molar-refractivity contribution in [2.24, 2.45) is 5.92 Å². The highest BCUT2D eigenvalue weighted by Crippen LogP contribution is 2.23. The van der Waals surface area contributed by atoms with E-state index < -0.39 is 0 Å². The molecule has 2 rings (SSSR count). The van der Waals surface area contributed by atoms with E-state index in [9.17, 15) is 0 Å². The summed E-state index contributed by atoms with van der Waals surface area (Å²) in [6.45, 7) is 5.30. The molecule has 0 saturated carbocycles. The minimum absolute atomic E-state index is 0.737. The van der Waals surface area contributed by atoms with Gasteiger partial charge in [0.05, 0.1) is 12.3 Å². The summed E-state index contributed by atoms with van der Waals surface area (Å²) in [5.41, 5.74) is 1.11. The lowest BCUT2D eigenvalue weighted by molar-refractivity contribution is 0.0685. The number of nitrogens with zero attached hydrogens (tertiary/aromatic N) is 2. The molecular weight excluding hydrogens is 274 g/mol. The van der Waals surface area contributed by atoms with Crippen LogP contribution in [0.25, 0.3) is 0 Å². The Bertz CT molecular complexity index is 380. The molecule has 2 heterocycles. The summed E-state index contributed by atoms with van der Waals surface area (Å²) in [7, 11) is 3.85. The topological polar surface area (TPSA) is 46.6 Å². The zero-order valence-corrected chi connectivity index (χ0v) is 13.2. The monoisotopic (exact) mass is 299 g/mol. The van der Waals surface area contributed by atoms with Gasteiger partial charge in [-0.05, 0) is 18.8 Å². The van der Waals surface area contributed by atoms with E-state index in [1.165, 1.54) is 12.8 Å². The highest BCUT2D eigenvalue weighted by molar-refractivity contribution is 7.13. The van der Waals surface area contributed by atoms with E-state index >= 15 is 0 Å². The minimum Gasteiger partial charge on any atom is -0.383 e. The normalized spacial score (nSPS) is 16.5. The Hall–Kier alpha value is -0.690. The maximum absolute atomic E-state index is 5.41. The van der Waals surface area contributed by atoms with E-state index in [-0.39, 0.29) is 0 Å². The summed E-state index contributed by atoms with van der Waals surface area (Å²) in [6, 6.07) is 0. The summed E-state index contributed by atoms with van der Waals surface area (Å²) in [4.78, 5) is 6.96.